The molecule has 0 bridgehead atoms. The van der Waals surface area contributed by atoms with E-state index in [0.29, 0.717) is 0 Å². The molecule has 160 valence electrons. The van der Waals surface area contributed by atoms with E-state index in [0.717, 1.165) is 5.56 Å². The third-order valence-corrected chi connectivity index (χ3v) is 6.76. The molecular formula is C21H25N3O5S. The van der Waals surface area contributed by atoms with Gasteiger partial charge in [0.15, 0.2) is 0 Å². The number of nitrogens with one attached hydrogen (secondary N) is 1. The lowest BCUT2D eigenvalue weighted by Crippen LogP contribution is -2.55. The van der Waals surface area contributed by atoms with Gasteiger partial charge in [-0.05, 0) is 24.6 Å². The Labute approximate surface area is 176 Å². The molecule has 1 atom stereocenters. The first kappa shape index (κ1) is 21.8. The van der Waals surface area contributed by atoms with Gasteiger partial charge in [-0.1, -0.05) is 48.5 Å². The lowest BCUT2D eigenvalue weighted by molar-refractivity contribution is -0.134. The van der Waals surface area contributed by atoms with Gasteiger partial charge in [-0.25, -0.2) is 13.2 Å². The largest absolute Gasteiger partial charge is 0.445 e. The fraction of sp³-hybridized carbons (Fsp3) is 0.333. The minimum atomic E-state index is -3.58. The van der Waals surface area contributed by atoms with Crippen LogP contribution in [0, 0.1) is 0 Å². The van der Waals surface area contributed by atoms with Crippen LogP contribution in [0.4, 0.5) is 4.79 Å². The van der Waals surface area contributed by atoms with Crippen molar-refractivity contribution in [1.82, 2.24) is 14.5 Å². The molecule has 2 aromatic carbocycles. The highest BCUT2D eigenvalue weighted by Crippen LogP contribution is 2.17. The van der Waals surface area contributed by atoms with Gasteiger partial charge in [0.1, 0.15) is 12.6 Å². The Morgan fingerprint density at radius 1 is 0.967 bits per heavy atom. The van der Waals surface area contributed by atoms with Gasteiger partial charge in [-0.15, -0.1) is 0 Å². The van der Waals surface area contributed by atoms with Crippen molar-refractivity contribution in [1.29, 1.82) is 0 Å². The topological polar surface area (TPSA) is 96.0 Å². The van der Waals surface area contributed by atoms with Gasteiger partial charge in [0, 0.05) is 26.2 Å². The summed E-state index contributed by atoms with van der Waals surface area (Å²) in [5.41, 5.74) is 0.849. The number of amides is 2. The highest BCUT2D eigenvalue weighted by Gasteiger charge is 2.31. The van der Waals surface area contributed by atoms with Crippen molar-refractivity contribution in [3.05, 3.63) is 66.2 Å². The Hall–Kier alpha value is -2.91. The molecule has 30 heavy (non-hydrogen) atoms. The first-order valence-electron chi connectivity index (χ1n) is 9.69. The van der Waals surface area contributed by atoms with Crippen molar-refractivity contribution in [2.24, 2.45) is 0 Å². The van der Waals surface area contributed by atoms with Gasteiger partial charge in [0.25, 0.3) is 0 Å². The summed E-state index contributed by atoms with van der Waals surface area (Å²) in [6, 6.07) is 16.7. The Bertz CT molecular complexity index is 959. The predicted octanol–water partition coefficient (Wildman–Crippen LogP) is 1.83. The van der Waals surface area contributed by atoms with Gasteiger partial charge in [0.2, 0.25) is 15.9 Å². The minimum Gasteiger partial charge on any atom is -0.445 e. The number of hydrogen-bond donors (Lipinski definition) is 1. The average molecular weight is 432 g/mol. The molecule has 9 heteroatoms. The molecule has 1 saturated heterocycles. The van der Waals surface area contributed by atoms with Crippen LogP contribution in [0.2, 0.25) is 0 Å². The smallest absolute Gasteiger partial charge is 0.408 e. The van der Waals surface area contributed by atoms with E-state index in [1.165, 1.54) is 4.31 Å². The van der Waals surface area contributed by atoms with Crippen LogP contribution in [-0.2, 0) is 26.2 Å². The Balaban J connectivity index is 1.48. The predicted molar refractivity (Wildman–Crippen MR) is 111 cm³/mol. The van der Waals surface area contributed by atoms with E-state index in [4.69, 9.17) is 4.74 Å². The molecule has 0 unspecified atom stereocenters. The van der Waals surface area contributed by atoms with Crippen molar-refractivity contribution in [3.63, 3.8) is 0 Å². The summed E-state index contributed by atoms with van der Waals surface area (Å²) < 4.78 is 31.9. The molecule has 0 saturated carbocycles. The maximum atomic E-state index is 12.7. The average Bonchev–Trinajstić information content (AvgIpc) is 2.78. The quantitative estimate of drug-likeness (QED) is 0.753. The SMILES string of the molecule is C[C@@H](NC(=O)OCc1ccccc1)C(=O)N1CCN(S(=O)(=O)c2ccccc2)CC1. The Morgan fingerprint density at radius 3 is 2.13 bits per heavy atom. The number of nitrogens with zero attached hydrogens (tertiary/aromatic N) is 2. The second-order valence-electron chi connectivity index (χ2n) is 6.97. The molecule has 2 aromatic rings. The van der Waals surface area contributed by atoms with Crippen LogP contribution in [0.15, 0.2) is 65.6 Å². The monoisotopic (exact) mass is 431 g/mol. The molecule has 1 N–H and O–H groups in total. The third kappa shape index (κ3) is 5.37. The first-order chi connectivity index (χ1) is 14.4. The number of carbonyl (C=O) groups is 2. The van der Waals surface area contributed by atoms with E-state index in [9.17, 15) is 18.0 Å². The number of sulfonamides is 1. The van der Waals surface area contributed by atoms with Crippen LogP contribution in [0.1, 0.15) is 12.5 Å². The fourth-order valence-electron chi connectivity index (χ4n) is 3.17. The van der Waals surface area contributed by atoms with Crippen molar-refractivity contribution in [2.45, 2.75) is 24.5 Å². The van der Waals surface area contributed by atoms with E-state index < -0.39 is 22.2 Å². The van der Waals surface area contributed by atoms with Crippen molar-refractivity contribution in [2.75, 3.05) is 26.2 Å². The molecule has 3 rings (SSSR count). The van der Waals surface area contributed by atoms with Crippen LogP contribution in [0.5, 0.6) is 0 Å². The lowest BCUT2D eigenvalue weighted by atomic mass is 10.2. The standard InChI is InChI=1S/C21H25N3O5S/c1-17(22-21(26)29-16-18-8-4-2-5-9-18)20(25)23-12-14-24(15-13-23)30(27,28)19-10-6-3-7-11-19/h2-11,17H,12-16H2,1H3,(H,22,26)/t17-/m1/s1. The summed E-state index contributed by atoms with van der Waals surface area (Å²) in [6.45, 7) is 2.62. The maximum Gasteiger partial charge on any atom is 0.408 e. The highest BCUT2D eigenvalue weighted by atomic mass is 32.2. The van der Waals surface area contributed by atoms with Crippen LogP contribution in [0.25, 0.3) is 0 Å². The number of rotatable bonds is 6. The summed E-state index contributed by atoms with van der Waals surface area (Å²) in [5.74, 6) is -0.275. The maximum absolute atomic E-state index is 12.7. The molecule has 1 heterocycles. The van der Waals surface area contributed by atoms with E-state index in [1.807, 2.05) is 30.3 Å². The molecule has 1 fully saturated rings. The first-order valence-corrected chi connectivity index (χ1v) is 11.1. The molecule has 0 spiro atoms. The van der Waals surface area contributed by atoms with Crippen molar-refractivity contribution < 1.29 is 22.7 Å². The van der Waals surface area contributed by atoms with Gasteiger partial charge >= 0.3 is 6.09 Å². The fourth-order valence-corrected chi connectivity index (χ4v) is 4.61. The van der Waals surface area contributed by atoms with Gasteiger partial charge in [-0.3, -0.25) is 4.79 Å². The van der Waals surface area contributed by atoms with Crippen molar-refractivity contribution in [3.8, 4) is 0 Å². The van der Waals surface area contributed by atoms with Crippen LogP contribution >= 0.6 is 0 Å². The zero-order chi connectivity index (χ0) is 21.6. The number of ether oxygens (including phenoxy) is 1. The number of piperazine rings is 1. The van der Waals surface area contributed by atoms with E-state index in [-0.39, 0.29) is 43.6 Å². The molecule has 0 aromatic heterocycles. The molecule has 2 amide bonds. The summed E-state index contributed by atoms with van der Waals surface area (Å²) >= 11 is 0. The summed E-state index contributed by atoms with van der Waals surface area (Å²) in [4.78, 5) is 26.4. The minimum absolute atomic E-state index is 0.115. The molecular weight excluding hydrogens is 406 g/mol. The molecule has 1 aliphatic rings. The normalized spacial score (nSPS) is 16.0. The van der Waals surface area contributed by atoms with Crippen molar-refractivity contribution >= 4 is 22.0 Å². The van der Waals surface area contributed by atoms with Gasteiger partial charge in [-0.2, -0.15) is 4.31 Å². The Kier molecular flexibility index (Phi) is 7.07. The second-order valence-corrected chi connectivity index (χ2v) is 8.91. The number of carbonyl (C=O) groups excluding carboxylic acids is 2. The summed E-state index contributed by atoms with van der Waals surface area (Å²) in [6.07, 6.45) is -0.676. The lowest BCUT2D eigenvalue weighted by Gasteiger charge is -2.35. The molecule has 0 radical (unpaired) electrons. The van der Waals surface area contributed by atoms with E-state index >= 15 is 0 Å². The van der Waals surface area contributed by atoms with Gasteiger partial charge in [0.05, 0.1) is 4.90 Å². The van der Waals surface area contributed by atoms with E-state index in [1.54, 1.807) is 42.2 Å². The van der Waals surface area contributed by atoms with Crippen LogP contribution in [-0.4, -0.2) is 61.8 Å². The zero-order valence-electron chi connectivity index (χ0n) is 16.7. The molecule has 0 aliphatic carbocycles. The van der Waals surface area contributed by atoms with Crippen LogP contribution in [0.3, 0.4) is 0 Å². The van der Waals surface area contributed by atoms with Crippen LogP contribution < -0.4 is 5.32 Å². The number of benzene rings is 2. The Morgan fingerprint density at radius 2 is 1.53 bits per heavy atom. The van der Waals surface area contributed by atoms with Gasteiger partial charge < -0.3 is 15.0 Å². The second kappa shape index (κ2) is 9.73. The highest BCUT2D eigenvalue weighted by molar-refractivity contribution is 7.89. The summed E-state index contributed by atoms with van der Waals surface area (Å²) in [5, 5.41) is 2.53. The van der Waals surface area contributed by atoms with E-state index in [2.05, 4.69) is 5.32 Å². The number of alkyl carbamates (subject to hydrolysis) is 1. The summed E-state index contributed by atoms with van der Waals surface area (Å²) in [7, 11) is -3.58. The zero-order valence-corrected chi connectivity index (χ0v) is 17.5. The molecule has 1 aliphatic heterocycles. The third-order valence-electron chi connectivity index (χ3n) is 4.85. The number of hydrogen-bond acceptors (Lipinski definition) is 5. The molecule has 8 nitrogen and oxygen atoms in total.